The summed E-state index contributed by atoms with van der Waals surface area (Å²) in [6.45, 7) is 5.65. The molecule has 3 heterocycles. The number of aryl methyl sites for hydroxylation is 1. The Morgan fingerprint density at radius 2 is 1.94 bits per heavy atom. The van der Waals surface area contributed by atoms with E-state index in [1.165, 1.54) is 0 Å². The molecule has 1 saturated heterocycles. The van der Waals surface area contributed by atoms with Crippen LogP contribution in [-0.4, -0.2) is 57.9 Å². The number of ether oxygens (including phenoxy) is 2. The molecule has 2 aromatic carbocycles. The minimum absolute atomic E-state index is 0.0128. The van der Waals surface area contributed by atoms with Crippen LogP contribution in [0.5, 0.6) is 17.2 Å². The van der Waals surface area contributed by atoms with Crippen molar-refractivity contribution < 1.29 is 19.4 Å². The normalized spacial score (nSPS) is 14.6. The molecule has 0 aliphatic carbocycles. The molecule has 1 fully saturated rings. The summed E-state index contributed by atoms with van der Waals surface area (Å²) in [6, 6.07) is 8.93. The molecule has 182 valence electrons. The van der Waals surface area contributed by atoms with Crippen LogP contribution in [0.25, 0.3) is 33.1 Å². The molecule has 35 heavy (non-hydrogen) atoms. The maximum atomic E-state index is 11.6. The second kappa shape index (κ2) is 9.26. The van der Waals surface area contributed by atoms with Gasteiger partial charge in [0.25, 0.3) is 0 Å². The average molecular weight is 495 g/mol. The van der Waals surface area contributed by atoms with E-state index in [1.54, 1.807) is 32.2 Å². The third-order valence-electron chi connectivity index (χ3n) is 6.73. The molecule has 2 N–H and O–H groups in total. The Bertz CT molecular complexity index is 1430. The highest BCUT2D eigenvalue weighted by Crippen LogP contribution is 2.41. The number of phenolic OH excluding ortho intramolecular Hbond substituents is 1. The van der Waals surface area contributed by atoms with Gasteiger partial charge in [-0.05, 0) is 56.0 Å². The first-order valence-electron chi connectivity index (χ1n) is 11.6. The number of H-pyrrole nitrogens is 1. The number of carbonyl (C=O) groups is 1. The summed E-state index contributed by atoms with van der Waals surface area (Å²) in [5, 5.41) is 20.3. The standard InChI is InChI=1S/C26H27ClN4O4/c1-14-24-18-11-23(35-13-16-6-8-31(9-7-16)15(2)32)22(34-3)12-19(18)25(28-26(24)30-29-14)17-4-5-21(33)20(27)10-17/h4-5,10-12,16,33H,6-9,13H2,1-3H3,(H,28,29,30). The number of aromatic nitrogens is 3. The van der Waals surface area contributed by atoms with Crippen LogP contribution < -0.4 is 9.47 Å². The molecular weight excluding hydrogens is 468 g/mol. The molecule has 1 amide bonds. The number of phenols is 1. The fraction of sp³-hybridized carbons (Fsp3) is 0.346. The van der Waals surface area contributed by atoms with E-state index in [1.807, 2.05) is 24.0 Å². The van der Waals surface area contributed by atoms with Gasteiger partial charge < -0.3 is 19.5 Å². The number of nitrogens with one attached hydrogen (secondary N) is 1. The molecule has 8 nitrogen and oxygen atoms in total. The molecule has 0 bridgehead atoms. The number of hydrogen-bond acceptors (Lipinski definition) is 6. The lowest BCUT2D eigenvalue weighted by atomic mass is 9.97. The largest absolute Gasteiger partial charge is 0.506 e. The van der Waals surface area contributed by atoms with E-state index in [9.17, 15) is 9.90 Å². The number of fused-ring (bicyclic) bond motifs is 3. The third kappa shape index (κ3) is 4.34. The molecule has 2 aromatic heterocycles. The minimum Gasteiger partial charge on any atom is -0.506 e. The summed E-state index contributed by atoms with van der Waals surface area (Å²) in [5.74, 6) is 1.76. The van der Waals surface area contributed by atoms with Gasteiger partial charge in [-0.3, -0.25) is 9.89 Å². The number of aromatic hydroxyl groups is 1. The first-order valence-corrected chi connectivity index (χ1v) is 12.0. The highest BCUT2D eigenvalue weighted by atomic mass is 35.5. The highest BCUT2D eigenvalue weighted by molar-refractivity contribution is 6.32. The van der Waals surface area contributed by atoms with Crippen LogP contribution in [0.4, 0.5) is 0 Å². The van der Waals surface area contributed by atoms with Crippen molar-refractivity contribution in [3.8, 4) is 28.5 Å². The van der Waals surface area contributed by atoms with Gasteiger partial charge in [-0.15, -0.1) is 0 Å². The van der Waals surface area contributed by atoms with Crippen LogP contribution in [0.3, 0.4) is 0 Å². The lowest BCUT2D eigenvalue weighted by Crippen LogP contribution is -2.38. The van der Waals surface area contributed by atoms with Crippen molar-refractivity contribution in [3.63, 3.8) is 0 Å². The average Bonchev–Trinajstić information content (AvgIpc) is 3.24. The summed E-state index contributed by atoms with van der Waals surface area (Å²) in [7, 11) is 1.62. The maximum Gasteiger partial charge on any atom is 0.219 e. The van der Waals surface area contributed by atoms with Crippen LogP contribution in [0.15, 0.2) is 30.3 Å². The van der Waals surface area contributed by atoms with E-state index in [0.717, 1.165) is 53.3 Å². The lowest BCUT2D eigenvalue weighted by Gasteiger charge is -2.31. The van der Waals surface area contributed by atoms with Gasteiger partial charge >= 0.3 is 0 Å². The van der Waals surface area contributed by atoms with Crippen molar-refractivity contribution >= 4 is 39.3 Å². The van der Waals surface area contributed by atoms with E-state index in [4.69, 9.17) is 26.1 Å². The molecule has 9 heteroatoms. The number of halogens is 1. The zero-order valence-electron chi connectivity index (χ0n) is 19.9. The molecule has 1 aliphatic heterocycles. The topological polar surface area (TPSA) is 101 Å². The number of aromatic amines is 1. The number of piperidine rings is 1. The summed E-state index contributed by atoms with van der Waals surface area (Å²) in [4.78, 5) is 18.3. The van der Waals surface area contributed by atoms with E-state index >= 15 is 0 Å². The molecule has 0 radical (unpaired) electrons. The fourth-order valence-electron chi connectivity index (χ4n) is 4.72. The molecule has 0 unspecified atom stereocenters. The van der Waals surface area contributed by atoms with Gasteiger partial charge in [-0.2, -0.15) is 5.10 Å². The number of benzene rings is 2. The van der Waals surface area contributed by atoms with Gasteiger partial charge in [0, 0.05) is 47.4 Å². The zero-order chi connectivity index (χ0) is 24.7. The van der Waals surface area contributed by atoms with Crippen LogP contribution in [0, 0.1) is 12.8 Å². The van der Waals surface area contributed by atoms with E-state index in [0.29, 0.717) is 35.4 Å². The Morgan fingerprint density at radius 3 is 2.63 bits per heavy atom. The van der Waals surface area contributed by atoms with Gasteiger partial charge in [0.05, 0.1) is 24.4 Å². The predicted molar refractivity (Wildman–Crippen MR) is 135 cm³/mol. The Hall–Kier alpha value is -3.52. The molecule has 0 atom stereocenters. The molecule has 4 aromatic rings. The second-order valence-corrected chi connectivity index (χ2v) is 9.39. The number of hydrogen-bond donors (Lipinski definition) is 2. The quantitative estimate of drug-likeness (QED) is 0.400. The van der Waals surface area contributed by atoms with E-state index in [2.05, 4.69) is 10.2 Å². The Balaban J connectivity index is 1.55. The SMILES string of the molecule is COc1cc2c(-c3ccc(O)c(Cl)c3)nc3n[nH]c(C)c3c2cc1OCC1CCN(C(C)=O)CC1. The second-order valence-electron chi connectivity index (χ2n) is 8.98. The predicted octanol–water partition coefficient (Wildman–Crippen LogP) is 5.09. The Labute approximate surface area is 207 Å². The summed E-state index contributed by atoms with van der Waals surface area (Å²) in [6.07, 6.45) is 1.83. The molecule has 5 rings (SSSR count). The monoisotopic (exact) mass is 494 g/mol. The van der Waals surface area contributed by atoms with Gasteiger partial charge in [-0.25, -0.2) is 4.98 Å². The van der Waals surface area contributed by atoms with E-state index in [-0.39, 0.29) is 16.7 Å². The number of pyridine rings is 1. The van der Waals surface area contributed by atoms with Crippen LogP contribution in [-0.2, 0) is 4.79 Å². The van der Waals surface area contributed by atoms with Crippen LogP contribution in [0.2, 0.25) is 5.02 Å². The first kappa shape index (κ1) is 23.2. The van der Waals surface area contributed by atoms with Gasteiger partial charge in [0.1, 0.15) is 5.75 Å². The summed E-state index contributed by atoms with van der Waals surface area (Å²) < 4.78 is 12.0. The van der Waals surface area contributed by atoms with Crippen molar-refractivity contribution in [1.82, 2.24) is 20.1 Å². The highest BCUT2D eigenvalue weighted by Gasteiger charge is 2.23. The van der Waals surface area contributed by atoms with Crippen molar-refractivity contribution in [2.75, 3.05) is 26.8 Å². The van der Waals surface area contributed by atoms with Gasteiger partial charge in [0.2, 0.25) is 5.91 Å². The Morgan fingerprint density at radius 1 is 1.20 bits per heavy atom. The number of rotatable bonds is 5. The van der Waals surface area contributed by atoms with E-state index < -0.39 is 0 Å². The number of amides is 1. The van der Waals surface area contributed by atoms with Crippen molar-refractivity contribution in [1.29, 1.82) is 0 Å². The summed E-state index contributed by atoms with van der Waals surface area (Å²) in [5.41, 5.74) is 2.93. The molecule has 0 saturated carbocycles. The summed E-state index contributed by atoms with van der Waals surface area (Å²) >= 11 is 6.20. The number of methoxy groups -OCH3 is 1. The van der Waals surface area contributed by atoms with Crippen LogP contribution in [0.1, 0.15) is 25.5 Å². The molecule has 0 spiro atoms. The number of likely N-dealkylation sites (tertiary alicyclic amines) is 1. The van der Waals surface area contributed by atoms with Crippen LogP contribution >= 0.6 is 11.6 Å². The number of carbonyl (C=O) groups excluding carboxylic acids is 1. The van der Waals surface area contributed by atoms with Crippen molar-refractivity contribution in [3.05, 3.63) is 41.0 Å². The minimum atomic E-state index is 0.0128. The van der Waals surface area contributed by atoms with Crippen molar-refractivity contribution in [2.24, 2.45) is 5.92 Å². The first-order chi connectivity index (χ1) is 16.9. The maximum absolute atomic E-state index is 11.6. The lowest BCUT2D eigenvalue weighted by molar-refractivity contribution is -0.130. The fourth-order valence-corrected chi connectivity index (χ4v) is 4.90. The zero-order valence-corrected chi connectivity index (χ0v) is 20.6. The van der Waals surface area contributed by atoms with Crippen molar-refractivity contribution in [2.45, 2.75) is 26.7 Å². The smallest absolute Gasteiger partial charge is 0.219 e. The molecular formula is C26H27ClN4O4. The molecule has 1 aliphatic rings. The number of nitrogens with zero attached hydrogens (tertiary/aromatic N) is 3. The Kier molecular flexibility index (Phi) is 6.15. The van der Waals surface area contributed by atoms with Gasteiger partial charge in [-0.1, -0.05) is 11.6 Å². The van der Waals surface area contributed by atoms with Gasteiger partial charge in [0.15, 0.2) is 17.1 Å². The third-order valence-corrected chi connectivity index (χ3v) is 7.03.